The molecular formula is C13H20O8. The average Bonchev–Trinajstić information content (AvgIpc) is 2.35. The summed E-state index contributed by atoms with van der Waals surface area (Å²) in [5.74, 6) is -2.40. The third-order valence-corrected chi connectivity index (χ3v) is 2.53. The maximum Gasteiger partial charge on any atom is 0.303 e. The molecule has 1 heterocycles. The van der Waals surface area contributed by atoms with Crippen LogP contribution in [0.4, 0.5) is 0 Å². The van der Waals surface area contributed by atoms with Gasteiger partial charge in [-0.2, -0.15) is 0 Å². The van der Waals surface area contributed by atoms with Crippen molar-refractivity contribution in [2.24, 2.45) is 0 Å². The van der Waals surface area contributed by atoms with E-state index in [4.69, 9.17) is 18.9 Å². The van der Waals surface area contributed by atoms with E-state index in [-0.39, 0.29) is 12.7 Å². The Morgan fingerprint density at radius 1 is 1.19 bits per heavy atom. The first-order valence-corrected chi connectivity index (χ1v) is 6.45. The van der Waals surface area contributed by atoms with Gasteiger partial charge in [0.05, 0.1) is 6.10 Å². The van der Waals surface area contributed by atoms with Crippen molar-refractivity contribution >= 4 is 11.9 Å². The molecule has 120 valence electrons. The van der Waals surface area contributed by atoms with Crippen LogP contribution in [0.2, 0.25) is 0 Å². The molecule has 0 saturated carbocycles. The molecule has 3 atom stereocenters. The zero-order chi connectivity index (χ0) is 16.2. The smallest absolute Gasteiger partial charge is 0.303 e. The summed E-state index contributed by atoms with van der Waals surface area (Å²) in [7, 11) is 0. The summed E-state index contributed by atoms with van der Waals surface area (Å²) in [6, 6.07) is 0. The summed E-state index contributed by atoms with van der Waals surface area (Å²) in [6.07, 6.45) is -3.77. The Morgan fingerprint density at radius 3 is 2.29 bits per heavy atom. The second kappa shape index (κ2) is 7.28. The van der Waals surface area contributed by atoms with Crippen molar-refractivity contribution < 1.29 is 38.7 Å². The highest BCUT2D eigenvalue weighted by molar-refractivity contribution is 5.67. The molecule has 0 amide bonds. The lowest BCUT2D eigenvalue weighted by Crippen LogP contribution is -2.47. The van der Waals surface area contributed by atoms with E-state index in [2.05, 4.69) is 0 Å². The third kappa shape index (κ3) is 4.91. The number of hydrogen-bond donors (Lipinski definition) is 2. The molecule has 1 aliphatic heterocycles. The normalized spacial score (nSPS) is 25.9. The lowest BCUT2D eigenvalue weighted by molar-refractivity contribution is -0.230. The predicted molar refractivity (Wildman–Crippen MR) is 69.4 cm³/mol. The fourth-order valence-electron chi connectivity index (χ4n) is 1.72. The zero-order valence-corrected chi connectivity index (χ0v) is 12.4. The number of hydrogen-bond acceptors (Lipinski definition) is 8. The van der Waals surface area contributed by atoms with Crippen LogP contribution >= 0.6 is 0 Å². The Balaban J connectivity index is 2.96. The van der Waals surface area contributed by atoms with Crippen LogP contribution in [-0.4, -0.2) is 53.4 Å². The summed E-state index contributed by atoms with van der Waals surface area (Å²) < 4.78 is 20.4. The van der Waals surface area contributed by atoms with Crippen molar-refractivity contribution in [3.05, 3.63) is 11.5 Å². The SMILES string of the molecule is CC(=O)OC[C@H]1O[C@H](OC(C)C)C(O)=C(O)[C@@H]1OC(C)=O. The van der Waals surface area contributed by atoms with E-state index >= 15 is 0 Å². The first-order valence-electron chi connectivity index (χ1n) is 6.45. The molecular weight excluding hydrogens is 284 g/mol. The topological polar surface area (TPSA) is 112 Å². The Labute approximate surface area is 122 Å². The highest BCUT2D eigenvalue weighted by Crippen LogP contribution is 2.27. The van der Waals surface area contributed by atoms with Crippen molar-refractivity contribution in [2.75, 3.05) is 6.61 Å². The molecule has 1 rings (SSSR count). The van der Waals surface area contributed by atoms with Crippen LogP contribution in [0.15, 0.2) is 11.5 Å². The van der Waals surface area contributed by atoms with Gasteiger partial charge in [-0.25, -0.2) is 0 Å². The molecule has 0 aromatic carbocycles. The molecule has 0 saturated heterocycles. The quantitative estimate of drug-likeness (QED) is 0.722. The van der Waals surface area contributed by atoms with Gasteiger partial charge in [0.1, 0.15) is 12.7 Å². The minimum Gasteiger partial charge on any atom is -0.505 e. The second-order valence-corrected chi connectivity index (χ2v) is 4.79. The first kappa shape index (κ1) is 17.3. The van der Waals surface area contributed by atoms with Gasteiger partial charge in [-0.05, 0) is 13.8 Å². The Kier molecular flexibility index (Phi) is 5.98. The van der Waals surface area contributed by atoms with Crippen molar-refractivity contribution in [3.8, 4) is 0 Å². The number of ether oxygens (including phenoxy) is 4. The van der Waals surface area contributed by atoms with Gasteiger partial charge >= 0.3 is 11.9 Å². The average molecular weight is 304 g/mol. The van der Waals surface area contributed by atoms with Gasteiger partial charge in [0, 0.05) is 13.8 Å². The second-order valence-electron chi connectivity index (χ2n) is 4.79. The summed E-state index contributed by atoms with van der Waals surface area (Å²) in [5.41, 5.74) is 0. The molecule has 0 bridgehead atoms. The largest absolute Gasteiger partial charge is 0.505 e. The van der Waals surface area contributed by atoms with Crippen molar-refractivity contribution in [3.63, 3.8) is 0 Å². The summed E-state index contributed by atoms with van der Waals surface area (Å²) >= 11 is 0. The molecule has 0 spiro atoms. The monoisotopic (exact) mass is 304 g/mol. The Hall–Kier alpha value is -1.80. The third-order valence-electron chi connectivity index (χ3n) is 2.53. The van der Waals surface area contributed by atoms with Crippen molar-refractivity contribution in [2.45, 2.75) is 52.3 Å². The number of aliphatic hydroxyl groups is 2. The minimum absolute atomic E-state index is 0.261. The predicted octanol–water partition coefficient (Wildman–Crippen LogP) is 0.959. The molecule has 0 aliphatic carbocycles. The van der Waals surface area contributed by atoms with Crippen LogP contribution in [0.1, 0.15) is 27.7 Å². The number of carbonyl (C=O) groups excluding carboxylic acids is 2. The van der Waals surface area contributed by atoms with E-state index in [0.29, 0.717) is 0 Å². The maximum absolute atomic E-state index is 11.1. The molecule has 2 N–H and O–H groups in total. The van der Waals surface area contributed by atoms with Gasteiger partial charge in [-0.3, -0.25) is 9.59 Å². The van der Waals surface area contributed by atoms with Crippen LogP contribution in [-0.2, 0) is 28.5 Å². The van der Waals surface area contributed by atoms with Crippen LogP contribution in [0.5, 0.6) is 0 Å². The number of rotatable bonds is 5. The maximum atomic E-state index is 11.1. The standard InChI is InChI=1S/C13H20O8/c1-6(2)19-13-11(17)10(16)12(20-8(4)15)9(21-13)5-18-7(3)14/h6,9,12-13,16-17H,5H2,1-4H3/t9-,12-,13+/m1/s1. The Bertz CT molecular complexity index is 428. The minimum atomic E-state index is -1.27. The molecule has 8 nitrogen and oxygen atoms in total. The molecule has 8 heteroatoms. The zero-order valence-electron chi connectivity index (χ0n) is 12.4. The fraction of sp³-hybridized carbons (Fsp3) is 0.692. The van der Waals surface area contributed by atoms with Gasteiger partial charge in [-0.1, -0.05) is 0 Å². The van der Waals surface area contributed by atoms with E-state index < -0.39 is 42.0 Å². The van der Waals surface area contributed by atoms with E-state index in [1.807, 2.05) is 0 Å². The van der Waals surface area contributed by atoms with E-state index in [0.717, 1.165) is 6.92 Å². The molecule has 21 heavy (non-hydrogen) atoms. The highest BCUT2D eigenvalue weighted by atomic mass is 16.7. The van der Waals surface area contributed by atoms with Crippen LogP contribution < -0.4 is 0 Å². The number of carbonyl (C=O) groups is 2. The highest BCUT2D eigenvalue weighted by Gasteiger charge is 2.42. The molecule has 0 radical (unpaired) electrons. The first-order chi connectivity index (χ1) is 9.72. The van der Waals surface area contributed by atoms with Gasteiger partial charge < -0.3 is 29.2 Å². The molecule has 0 aromatic rings. The Morgan fingerprint density at radius 2 is 1.81 bits per heavy atom. The van der Waals surface area contributed by atoms with E-state index in [1.165, 1.54) is 6.92 Å². The van der Waals surface area contributed by atoms with Crippen LogP contribution in [0.25, 0.3) is 0 Å². The lowest BCUT2D eigenvalue weighted by Gasteiger charge is -2.34. The van der Waals surface area contributed by atoms with Crippen molar-refractivity contribution in [1.82, 2.24) is 0 Å². The summed E-state index contributed by atoms with van der Waals surface area (Å²) in [6.45, 7) is 5.52. The molecule has 1 aliphatic rings. The van der Waals surface area contributed by atoms with Gasteiger partial charge in [-0.15, -0.1) is 0 Å². The number of esters is 2. The van der Waals surface area contributed by atoms with Crippen molar-refractivity contribution in [1.29, 1.82) is 0 Å². The lowest BCUT2D eigenvalue weighted by atomic mass is 10.1. The van der Waals surface area contributed by atoms with E-state index in [9.17, 15) is 19.8 Å². The molecule has 0 unspecified atom stereocenters. The summed E-state index contributed by atoms with van der Waals surface area (Å²) in [4.78, 5) is 22.0. The molecule has 0 fully saturated rings. The van der Waals surface area contributed by atoms with E-state index in [1.54, 1.807) is 13.8 Å². The molecule has 0 aromatic heterocycles. The fourth-order valence-corrected chi connectivity index (χ4v) is 1.72. The van der Waals surface area contributed by atoms with Gasteiger partial charge in [0.2, 0.25) is 6.29 Å². The summed E-state index contributed by atoms with van der Waals surface area (Å²) in [5, 5.41) is 19.8. The van der Waals surface area contributed by atoms with Gasteiger partial charge in [0.15, 0.2) is 17.6 Å². The van der Waals surface area contributed by atoms with Gasteiger partial charge in [0.25, 0.3) is 0 Å². The number of aliphatic hydroxyl groups excluding tert-OH is 2. The van der Waals surface area contributed by atoms with Crippen LogP contribution in [0, 0.1) is 0 Å². The van der Waals surface area contributed by atoms with Crippen LogP contribution in [0.3, 0.4) is 0 Å².